The predicted octanol–water partition coefficient (Wildman–Crippen LogP) is -0.975. The van der Waals surface area contributed by atoms with Gasteiger partial charge in [0, 0.05) is 45.8 Å². The average molecular weight is 416 g/mol. The fourth-order valence-corrected chi connectivity index (χ4v) is 4.23. The smallest absolute Gasteiger partial charge is 0.332 e. The van der Waals surface area contributed by atoms with Crippen LogP contribution in [0.5, 0.6) is 0 Å². The zero-order valence-electron chi connectivity index (χ0n) is 17.3. The second-order valence-corrected chi connectivity index (χ2v) is 7.96. The highest BCUT2D eigenvalue weighted by molar-refractivity contribution is 5.91. The molecule has 0 unspecified atom stereocenters. The molecule has 1 amide bonds. The summed E-state index contributed by atoms with van der Waals surface area (Å²) in [6.07, 6.45) is 4.57. The zero-order valence-corrected chi connectivity index (χ0v) is 17.3. The molecule has 4 rings (SSSR count). The van der Waals surface area contributed by atoms with Crippen molar-refractivity contribution in [3.63, 3.8) is 0 Å². The number of aromatic nitrogens is 5. The molecule has 11 heteroatoms. The lowest BCUT2D eigenvalue weighted by Crippen LogP contribution is -2.44. The van der Waals surface area contributed by atoms with E-state index in [0.29, 0.717) is 6.54 Å². The fourth-order valence-electron chi connectivity index (χ4n) is 4.23. The van der Waals surface area contributed by atoms with Gasteiger partial charge in [0.1, 0.15) is 0 Å². The highest BCUT2D eigenvalue weighted by Crippen LogP contribution is 2.29. The van der Waals surface area contributed by atoms with Gasteiger partial charge in [-0.3, -0.25) is 18.7 Å². The third-order valence-corrected chi connectivity index (χ3v) is 5.94. The first-order valence-electron chi connectivity index (χ1n) is 10.6. The van der Waals surface area contributed by atoms with Crippen LogP contribution in [-0.4, -0.2) is 74.4 Å². The van der Waals surface area contributed by atoms with Crippen LogP contribution in [0.2, 0.25) is 0 Å². The molecule has 1 saturated heterocycles. The number of hydrogen-bond acceptors (Lipinski definition) is 8. The molecule has 1 aliphatic carbocycles. The Bertz CT molecular complexity index is 1030. The van der Waals surface area contributed by atoms with Gasteiger partial charge in [-0.25, -0.2) is 9.78 Å². The summed E-state index contributed by atoms with van der Waals surface area (Å²) in [6.45, 7) is 5.40. The van der Waals surface area contributed by atoms with Crippen LogP contribution in [0, 0.1) is 0 Å². The van der Waals surface area contributed by atoms with Gasteiger partial charge < -0.3 is 15.5 Å². The van der Waals surface area contributed by atoms with Crippen molar-refractivity contribution in [3.8, 4) is 0 Å². The van der Waals surface area contributed by atoms with E-state index in [1.54, 1.807) is 0 Å². The normalized spacial score (nSPS) is 18.2. The van der Waals surface area contributed by atoms with Gasteiger partial charge in [-0.1, -0.05) is 12.8 Å². The van der Waals surface area contributed by atoms with Gasteiger partial charge >= 0.3 is 5.69 Å². The van der Waals surface area contributed by atoms with Crippen molar-refractivity contribution < 1.29 is 4.79 Å². The summed E-state index contributed by atoms with van der Waals surface area (Å²) >= 11 is 0. The Morgan fingerprint density at radius 1 is 1.17 bits per heavy atom. The maximum atomic E-state index is 12.7. The number of nitrogens with zero attached hydrogens (tertiary/aromatic N) is 6. The van der Waals surface area contributed by atoms with Crippen LogP contribution < -0.4 is 21.9 Å². The SMILES string of the molecule is Cn1c(=O)c2nc(C(=O)NCCCN3CCNCC3)nnc2n(C2CCCC2)c1=O. The van der Waals surface area contributed by atoms with Crippen molar-refractivity contribution in [3.05, 3.63) is 26.7 Å². The van der Waals surface area contributed by atoms with Gasteiger partial charge in [-0.2, -0.15) is 0 Å². The van der Waals surface area contributed by atoms with Crippen LogP contribution in [0.25, 0.3) is 11.2 Å². The molecular weight excluding hydrogens is 388 g/mol. The molecule has 1 aliphatic heterocycles. The van der Waals surface area contributed by atoms with Crippen LogP contribution >= 0.6 is 0 Å². The fraction of sp³-hybridized carbons (Fsp3) is 0.684. The van der Waals surface area contributed by atoms with Crippen LogP contribution in [0.4, 0.5) is 0 Å². The average Bonchev–Trinajstić information content (AvgIpc) is 3.30. The lowest BCUT2D eigenvalue weighted by molar-refractivity contribution is 0.0940. The molecule has 30 heavy (non-hydrogen) atoms. The number of nitrogens with one attached hydrogen (secondary N) is 2. The van der Waals surface area contributed by atoms with E-state index >= 15 is 0 Å². The minimum absolute atomic E-state index is 0.00460. The summed E-state index contributed by atoms with van der Waals surface area (Å²) in [5, 5.41) is 14.1. The number of amides is 1. The van der Waals surface area contributed by atoms with Crippen LogP contribution in [-0.2, 0) is 7.05 Å². The van der Waals surface area contributed by atoms with Crippen molar-refractivity contribution in [1.82, 2.24) is 39.8 Å². The molecule has 2 N–H and O–H groups in total. The van der Waals surface area contributed by atoms with Gasteiger partial charge in [0.05, 0.1) is 0 Å². The molecule has 2 fully saturated rings. The van der Waals surface area contributed by atoms with Gasteiger partial charge in [0.2, 0.25) is 5.82 Å². The van der Waals surface area contributed by atoms with E-state index in [1.807, 2.05) is 0 Å². The minimum atomic E-state index is -0.563. The summed E-state index contributed by atoms with van der Waals surface area (Å²) < 4.78 is 2.55. The lowest BCUT2D eigenvalue weighted by atomic mass is 10.2. The third-order valence-electron chi connectivity index (χ3n) is 5.94. The maximum Gasteiger partial charge on any atom is 0.332 e. The Hall–Kier alpha value is -2.66. The Kier molecular flexibility index (Phi) is 6.18. The van der Waals surface area contributed by atoms with Crippen LogP contribution in [0.1, 0.15) is 48.8 Å². The highest BCUT2D eigenvalue weighted by Gasteiger charge is 2.25. The predicted molar refractivity (Wildman–Crippen MR) is 111 cm³/mol. The topological polar surface area (TPSA) is 127 Å². The van der Waals surface area contributed by atoms with Crippen molar-refractivity contribution >= 4 is 17.1 Å². The monoisotopic (exact) mass is 416 g/mol. The molecule has 1 saturated carbocycles. The lowest BCUT2D eigenvalue weighted by Gasteiger charge is -2.26. The summed E-state index contributed by atoms with van der Waals surface area (Å²) in [6, 6.07) is -0.0208. The number of rotatable bonds is 6. The van der Waals surface area contributed by atoms with E-state index in [2.05, 4.69) is 30.7 Å². The van der Waals surface area contributed by atoms with Gasteiger partial charge in [-0.15, -0.1) is 10.2 Å². The van der Waals surface area contributed by atoms with Gasteiger partial charge in [0.15, 0.2) is 11.2 Å². The Morgan fingerprint density at radius 2 is 1.90 bits per heavy atom. The molecule has 0 atom stereocenters. The third kappa shape index (κ3) is 4.12. The number of piperazine rings is 1. The van der Waals surface area contributed by atoms with Crippen molar-refractivity contribution in [1.29, 1.82) is 0 Å². The summed E-state index contributed by atoms with van der Waals surface area (Å²) in [7, 11) is 1.42. The Balaban J connectivity index is 1.50. The Labute approximate surface area is 173 Å². The van der Waals surface area contributed by atoms with Crippen molar-refractivity contribution in [2.45, 2.75) is 38.1 Å². The van der Waals surface area contributed by atoms with Crippen LogP contribution in [0.3, 0.4) is 0 Å². The largest absolute Gasteiger partial charge is 0.349 e. The zero-order chi connectivity index (χ0) is 21.1. The Morgan fingerprint density at radius 3 is 2.63 bits per heavy atom. The number of carbonyl (C=O) groups excluding carboxylic acids is 1. The van der Waals surface area contributed by atoms with E-state index < -0.39 is 17.2 Å². The molecule has 0 bridgehead atoms. The highest BCUT2D eigenvalue weighted by atomic mass is 16.2. The van der Waals surface area contributed by atoms with E-state index in [-0.39, 0.29) is 23.0 Å². The van der Waals surface area contributed by atoms with E-state index in [4.69, 9.17) is 0 Å². The molecule has 162 valence electrons. The molecule has 11 nitrogen and oxygen atoms in total. The van der Waals surface area contributed by atoms with E-state index in [1.165, 1.54) is 11.6 Å². The van der Waals surface area contributed by atoms with Gasteiger partial charge in [-0.05, 0) is 25.8 Å². The molecule has 2 aromatic heterocycles. The van der Waals surface area contributed by atoms with Crippen molar-refractivity contribution in [2.75, 3.05) is 39.3 Å². The first-order valence-corrected chi connectivity index (χ1v) is 10.6. The summed E-state index contributed by atoms with van der Waals surface area (Å²) in [5.41, 5.74) is -0.817. The number of carbonyl (C=O) groups is 1. The first kappa shape index (κ1) is 20.6. The maximum absolute atomic E-state index is 12.7. The summed E-state index contributed by atoms with van der Waals surface area (Å²) in [5.74, 6) is -0.622. The molecule has 2 aliphatic rings. The second kappa shape index (κ2) is 9.00. The quantitative estimate of drug-likeness (QED) is 0.576. The first-order chi connectivity index (χ1) is 14.6. The molecule has 0 aromatic carbocycles. The molecular formula is C19H28N8O3. The number of fused-ring (bicyclic) bond motifs is 1. The van der Waals surface area contributed by atoms with E-state index in [0.717, 1.165) is 69.4 Å². The van der Waals surface area contributed by atoms with Crippen LogP contribution in [0.15, 0.2) is 9.59 Å². The molecule has 0 radical (unpaired) electrons. The molecule has 3 heterocycles. The molecule has 2 aromatic rings. The van der Waals surface area contributed by atoms with E-state index in [9.17, 15) is 14.4 Å². The summed E-state index contributed by atoms with van der Waals surface area (Å²) in [4.78, 5) is 44.3. The minimum Gasteiger partial charge on any atom is -0.349 e. The standard InChI is InChI=1S/C19H28N8O3/c1-25-18(29)14-16(27(19(25)30)13-5-2-3-6-13)24-23-15(22-14)17(28)21-7-4-10-26-11-8-20-9-12-26/h13,20H,2-12H2,1H3,(H,21,28). The number of hydrogen-bond donors (Lipinski definition) is 2. The second-order valence-electron chi connectivity index (χ2n) is 7.96. The van der Waals surface area contributed by atoms with Gasteiger partial charge in [0.25, 0.3) is 11.5 Å². The molecule has 0 spiro atoms. The van der Waals surface area contributed by atoms with Crippen molar-refractivity contribution in [2.24, 2.45) is 7.05 Å².